The second-order valence-corrected chi connectivity index (χ2v) is 7.07. The van der Waals surface area contributed by atoms with Crippen LogP contribution in [0.5, 0.6) is 0 Å². The van der Waals surface area contributed by atoms with E-state index in [4.69, 9.17) is 39.5 Å². The maximum absolute atomic E-state index is 12.2. The van der Waals surface area contributed by atoms with Crippen molar-refractivity contribution < 1.29 is 14.3 Å². The molecule has 1 aliphatic heterocycles. The molecule has 8 heteroatoms. The zero-order chi connectivity index (χ0) is 17.1. The summed E-state index contributed by atoms with van der Waals surface area (Å²) in [4.78, 5) is 29.7. The Morgan fingerprint density at radius 3 is 2.43 bits per heavy atom. The van der Waals surface area contributed by atoms with E-state index in [9.17, 15) is 9.59 Å². The van der Waals surface area contributed by atoms with Gasteiger partial charge >= 0.3 is 5.97 Å². The highest BCUT2D eigenvalue weighted by atomic mass is 35.5. The van der Waals surface area contributed by atoms with Gasteiger partial charge in [-0.1, -0.05) is 48.7 Å². The minimum Gasteiger partial charge on any atom is -0.451 e. The SMILES string of the molecule is CC1CC(C)CN(C(=O)COC(=O)c2ncc(Cl)c(Cl)c2Cl)C1. The molecule has 5 nitrogen and oxygen atoms in total. The fraction of sp³-hybridized carbons (Fsp3) is 0.533. The van der Waals surface area contributed by atoms with E-state index in [1.54, 1.807) is 4.90 Å². The number of rotatable bonds is 3. The van der Waals surface area contributed by atoms with Crippen LogP contribution in [0.1, 0.15) is 30.8 Å². The van der Waals surface area contributed by atoms with E-state index in [-0.39, 0.29) is 33.3 Å². The Hall–Kier alpha value is -1.04. The van der Waals surface area contributed by atoms with E-state index in [0.717, 1.165) is 6.42 Å². The average Bonchev–Trinajstić information content (AvgIpc) is 2.49. The smallest absolute Gasteiger partial charge is 0.359 e. The van der Waals surface area contributed by atoms with E-state index in [2.05, 4.69) is 18.8 Å². The fourth-order valence-corrected chi connectivity index (χ4v) is 3.30. The molecule has 0 bridgehead atoms. The molecule has 126 valence electrons. The number of likely N-dealkylation sites (tertiary alicyclic amines) is 1. The molecule has 0 saturated carbocycles. The van der Waals surface area contributed by atoms with Gasteiger partial charge in [-0.3, -0.25) is 4.79 Å². The molecular formula is C15H17Cl3N2O3. The topological polar surface area (TPSA) is 59.5 Å². The largest absolute Gasteiger partial charge is 0.451 e. The lowest BCUT2D eigenvalue weighted by molar-refractivity contribution is -0.137. The van der Waals surface area contributed by atoms with Crippen LogP contribution < -0.4 is 0 Å². The number of carbonyl (C=O) groups is 2. The predicted octanol–water partition coefficient (Wildman–Crippen LogP) is 3.70. The Labute approximate surface area is 149 Å². The van der Waals surface area contributed by atoms with Crippen molar-refractivity contribution in [1.82, 2.24) is 9.88 Å². The van der Waals surface area contributed by atoms with Gasteiger partial charge in [-0.15, -0.1) is 0 Å². The summed E-state index contributed by atoms with van der Waals surface area (Å²) >= 11 is 17.5. The molecule has 2 rings (SSSR count). The molecule has 0 radical (unpaired) electrons. The Morgan fingerprint density at radius 1 is 1.22 bits per heavy atom. The lowest BCUT2D eigenvalue weighted by Crippen LogP contribution is -2.44. The summed E-state index contributed by atoms with van der Waals surface area (Å²) in [6.07, 6.45) is 2.30. The van der Waals surface area contributed by atoms with Gasteiger partial charge in [0.05, 0.1) is 15.1 Å². The van der Waals surface area contributed by atoms with Gasteiger partial charge in [0, 0.05) is 19.3 Å². The Morgan fingerprint density at radius 2 is 1.83 bits per heavy atom. The third kappa shape index (κ3) is 4.49. The second kappa shape index (κ2) is 7.69. The van der Waals surface area contributed by atoms with Crippen molar-refractivity contribution in [3.8, 4) is 0 Å². The normalized spacial score (nSPS) is 21.2. The Balaban J connectivity index is 1.96. The quantitative estimate of drug-likeness (QED) is 0.751. The van der Waals surface area contributed by atoms with Crippen LogP contribution in [0.3, 0.4) is 0 Å². The highest BCUT2D eigenvalue weighted by molar-refractivity contribution is 6.48. The first-order valence-corrected chi connectivity index (χ1v) is 8.37. The zero-order valence-corrected chi connectivity index (χ0v) is 15.1. The van der Waals surface area contributed by atoms with Gasteiger partial charge in [-0.05, 0) is 18.3 Å². The van der Waals surface area contributed by atoms with E-state index in [1.165, 1.54) is 6.20 Å². The zero-order valence-electron chi connectivity index (χ0n) is 12.8. The number of piperidine rings is 1. The van der Waals surface area contributed by atoms with Gasteiger partial charge in [0.15, 0.2) is 12.3 Å². The lowest BCUT2D eigenvalue weighted by atomic mass is 9.92. The number of ether oxygens (including phenoxy) is 1. The van der Waals surface area contributed by atoms with Crippen molar-refractivity contribution in [2.45, 2.75) is 20.3 Å². The molecule has 1 amide bonds. The van der Waals surface area contributed by atoms with Crippen LogP contribution in [-0.4, -0.2) is 41.5 Å². The van der Waals surface area contributed by atoms with Crippen LogP contribution in [0, 0.1) is 11.8 Å². The number of hydrogen-bond acceptors (Lipinski definition) is 4. The Kier molecular flexibility index (Phi) is 6.12. The maximum Gasteiger partial charge on any atom is 0.359 e. The molecule has 2 heterocycles. The molecule has 1 saturated heterocycles. The molecule has 2 atom stereocenters. The van der Waals surface area contributed by atoms with Crippen LogP contribution in [0.2, 0.25) is 15.1 Å². The highest BCUT2D eigenvalue weighted by Crippen LogP contribution is 2.31. The maximum atomic E-state index is 12.2. The molecule has 1 fully saturated rings. The third-order valence-electron chi connectivity index (χ3n) is 3.66. The minimum absolute atomic E-state index is 0.0280. The first kappa shape index (κ1) is 18.3. The van der Waals surface area contributed by atoms with Crippen LogP contribution in [0.4, 0.5) is 0 Å². The first-order chi connectivity index (χ1) is 10.8. The molecule has 1 aromatic heterocycles. The molecule has 0 aromatic carbocycles. The summed E-state index contributed by atoms with van der Waals surface area (Å²) in [6, 6.07) is 0. The van der Waals surface area contributed by atoms with Gasteiger partial charge in [-0.25, -0.2) is 9.78 Å². The van der Waals surface area contributed by atoms with Crippen LogP contribution in [0.15, 0.2) is 6.20 Å². The van der Waals surface area contributed by atoms with Crippen molar-refractivity contribution in [2.75, 3.05) is 19.7 Å². The van der Waals surface area contributed by atoms with Crippen LogP contribution in [-0.2, 0) is 9.53 Å². The van der Waals surface area contributed by atoms with Gasteiger partial charge < -0.3 is 9.64 Å². The standard InChI is InChI=1S/C15H17Cl3N2O3/c1-8-3-9(2)6-20(5-8)11(21)7-23-15(22)14-13(18)12(17)10(16)4-19-14/h4,8-9H,3,5-7H2,1-2H3. The molecular weight excluding hydrogens is 363 g/mol. The van der Waals surface area contributed by atoms with E-state index < -0.39 is 5.97 Å². The lowest BCUT2D eigenvalue weighted by Gasteiger charge is -2.34. The van der Waals surface area contributed by atoms with E-state index in [0.29, 0.717) is 24.9 Å². The number of amides is 1. The number of carbonyl (C=O) groups excluding carboxylic acids is 2. The summed E-state index contributed by atoms with van der Waals surface area (Å²) in [6.45, 7) is 5.19. The number of hydrogen-bond donors (Lipinski definition) is 0. The summed E-state index contributed by atoms with van der Waals surface area (Å²) < 4.78 is 5.01. The third-order valence-corrected chi connectivity index (χ3v) is 4.90. The highest BCUT2D eigenvalue weighted by Gasteiger charge is 2.26. The summed E-state index contributed by atoms with van der Waals surface area (Å²) in [5.41, 5.74) is -0.158. The monoisotopic (exact) mass is 378 g/mol. The van der Waals surface area contributed by atoms with Crippen molar-refractivity contribution in [3.63, 3.8) is 0 Å². The minimum atomic E-state index is -0.806. The number of aromatic nitrogens is 1. The van der Waals surface area contributed by atoms with Gasteiger partial charge in [0.1, 0.15) is 0 Å². The summed E-state index contributed by atoms with van der Waals surface area (Å²) in [5, 5.41) is 0.0812. The van der Waals surface area contributed by atoms with Crippen molar-refractivity contribution in [2.24, 2.45) is 11.8 Å². The molecule has 0 spiro atoms. The summed E-state index contributed by atoms with van der Waals surface area (Å²) in [7, 11) is 0. The number of esters is 1. The summed E-state index contributed by atoms with van der Waals surface area (Å²) in [5.74, 6) is -0.165. The number of pyridine rings is 1. The Bertz CT molecular complexity index is 614. The molecule has 0 N–H and O–H groups in total. The van der Waals surface area contributed by atoms with Crippen molar-refractivity contribution in [3.05, 3.63) is 27.0 Å². The van der Waals surface area contributed by atoms with Gasteiger partial charge in [0.25, 0.3) is 5.91 Å². The molecule has 23 heavy (non-hydrogen) atoms. The molecule has 2 unspecified atom stereocenters. The fourth-order valence-electron chi connectivity index (χ4n) is 2.74. The molecule has 0 aliphatic carbocycles. The van der Waals surface area contributed by atoms with Crippen molar-refractivity contribution in [1.29, 1.82) is 0 Å². The van der Waals surface area contributed by atoms with Gasteiger partial charge in [-0.2, -0.15) is 0 Å². The van der Waals surface area contributed by atoms with E-state index in [1.807, 2.05) is 0 Å². The number of halogens is 3. The van der Waals surface area contributed by atoms with E-state index >= 15 is 0 Å². The second-order valence-electron chi connectivity index (χ2n) is 5.90. The average molecular weight is 380 g/mol. The first-order valence-electron chi connectivity index (χ1n) is 7.24. The molecule has 1 aliphatic rings. The number of nitrogens with zero attached hydrogens (tertiary/aromatic N) is 2. The predicted molar refractivity (Wildman–Crippen MR) is 89.1 cm³/mol. The van der Waals surface area contributed by atoms with Crippen LogP contribution in [0.25, 0.3) is 0 Å². The van der Waals surface area contributed by atoms with Crippen molar-refractivity contribution >= 4 is 46.7 Å². The van der Waals surface area contributed by atoms with Crippen LogP contribution >= 0.6 is 34.8 Å². The van der Waals surface area contributed by atoms with Gasteiger partial charge in [0.2, 0.25) is 0 Å². The molecule has 1 aromatic rings.